The SMILES string of the molecule is CCCCCCCCCCCCC/C=C/[C@@H](O)[C@H](COC1OC(CO)C(OC2OC(CO)C(O)C(O)C2O)C(O)C1O)NC(=O)CCCCCCCCCCCCCCCCCCCCCC. The zero-order valence-corrected chi connectivity index (χ0v) is 42.2. The van der Waals surface area contributed by atoms with E-state index in [1.807, 2.05) is 6.08 Å². The largest absolute Gasteiger partial charge is 0.394 e. The molecule has 14 nitrogen and oxygen atoms in total. The highest BCUT2D eigenvalue weighted by molar-refractivity contribution is 5.76. The van der Waals surface area contributed by atoms with Gasteiger partial charge < -0.3 is 65.1 Å². The molecule has 0 aliphatic carbocycles. The van der Waals surface area contributed by atoms with Crippen LogP contribution in [0.3, 0.4) is 0 Å². The smallest absolute Gasteiger partial charge is 0.220 e. The number of amides is 1. The Bertz CT molecular complexity index is 1180. The Hall–Kier alpha value is -1.27. The minimum atomic E-state index is -1.78. The summed E-state index contributed by atoms with van der Waals surface area (Å²) in [6, 6.07) is -0.908. The Morgan fingerprint density at radius 2 is 0.925 bits per heavy atom. The maximum absolute atomic E-state index is 13.2. The molecule has 2 aliphatic rings. The van der Waals surface area contributed by atoms with Gasteiger partial charge >= 0.3 is 0 Å². The first-order valence-electron chi connectivity index (χ1n) is 27.4. The number of hydrogen-bond acceptors (Lipinski definition) is 13. The summed E-state index contributed by atoms with van der Waals surface area (Å²) in [5.74, 6) is -0.236. The molecule has 9 N–H and O–H groups in total. The molecule has 0 spiro atoms. The summed E-state index contributed by atoms with van der Waals surface area (Å²) in [7, 11) is 0. The van der Waals surface area contributed by atoms with Crippen molar-refractivity contribution in [1.29, 1.82) is 0 Å². The first-order chi connectivity index (χ1) is 32.6. The molecule has 0 aromatic heterocycles. The molecule has 0 aromatic rings. The Balaban J connectivity index is 1.79. The van der Waals surface area contributed by atoms with Gasteiger partial charge in [0.25, 0.3) is 0 Å². The molecule has 396 valence electrons. The van der Waals surface area contributed by atoms with Gasteiger partial charge in [-0.15, -0.1) is 0 Å². The molecule has 0 aromatic carbocycles. The summed E-state index contributed by atoms with van der Waals surface area (Å²) in [4.78, 5) is 13.2. The predicted octanol–water partition coefficient (Wildman–Crippen LogP) is 7.94. The van der Waals surface area contributed by atoms with Gasteiger partial charge in [-0.2, -0.15) is 0 Å². The number of aliphatic hydroxyl groups excluding tert-OH is 8. The molecule has 2 rings (SSSR count). The third kappa shape index (κ3) is 27.2. The lowest BCUT2D eigenvalue weighted by Gasteiger charge is -2.46. The molecule has 0 saturated carbocycles. The van der Waals surface area contributed by atoms with E-state index in [4.69, 9.17) is 18.9 Å². The quantitative estimate of drug-likeness (QED) is 0.0209. The number of ether oxygens (including phenoxy) is 4. The first-order valence-corrected chi connectivity index (χ1v) is 27.4. The van der Waals surface area contributed by atoms with Crippen molar-refractivity contribution in [2.45, 2.75) is 299 Å². The number of unbranched alkanes of at least 4 members (excludes halogenated alkanes) is 30. The molecule has 67 heavy (non-hydrogen) atoms. The Morgan fingerprint density at radius 1 is 0.522 bits per heavy atom. The van der Waals surface area contributed by atoms with Crippen molar-refractivity contribution in [2.75, 3.05) is 19.8 Å². The number of allylic oxidation sites excluding steroid dienone is 1. The zero-order valence-electron chi connectivity index (χ0n) is 42.2. The molecule has 12 atom stereocenters. The standard InChI is InChI=1S/C53H101NO13/c1-3-5-7-9-11-13-15-17-18-19-20-21-22-23-25-27-29-31-33-35-37-45(58)54-41(42(57)36-34-32-30-28-26-24-16-14-12-10-8-6-4-2)40-64-52-50(63)48(61)51(44(39-56)66-52)67-53-49(62)47(60)46(59)43(38-55)65-53/h34,36,41-44,46-53,55-57,59-63H,3-33,35,37-40H2,1-2H3,(H,54,58)/b36-34+/t41-,42+,43?,44?,46?,47?,48?,49?,50?,51?,52?,53?/m0/s1. The lowest BCUT2D eigenvalue weighted by atomic mass is 9.97. The molecular formula is C53H101NO13. The maximum atomic E-state index is 13.2. The maximum Gasteiger partial charge on any atom is 0.220 e. The van der Waals surface area contributed by atoms with E-state index < -0.39 is 86.8 Å². The lowest BCUT2D eigenvalue weighted by molar-refractivity contribution is -0.359. The number of aliphatic hydroxyl groups is 8. The van der Waals surface area contributed by atoms with Crippen LogP contribution in [-0.4, -0.2) is 140 Å². The number of nitrogens with one attached hydrogen (secondary N) is 1. The first kappa shape index (κ1) is 61.8. The Labute approximate surface area is 406 Å². The van der Waals surface area contributed by atoms with E-state index in [-0.39, 0.29) is 18.9 Å². The van der Waals surface area contributed by atoms with E-state index in [2.05, 4.69) is 19.2 Å². The van der Waals surface area contributed by atoms with Crippen LogP contribution < -0.4 is 5.32 Å². The number of carbonyl (C=O) groups is 1. The molecular weight excluding hydrogens is 859 g/mol. The highest BCUT2D eigenvalue weighted by Gasteiger charge is 2.51. The van der Waals surface area contributed by atoms with Crippen molar-refractivity contribution in [3.05, 3.63) is 12.2 Å². The molecule has 0 bridgehead atoms. The zero-order chi connectivity index (χ0) is 48.9. The topological polar surface area (TPSA) is 228 Å². The summed E-state index contributed by atoms with van der Waals surface area (Å²) < 4.78 is 22.7. The van der Waals surface area contributed by atoms with Gasteiger partial charge in [0.2, 0.25) is 5.91 Å². The summed E-state index contributed by atoms with van der Waals surface area (Å²) in [5.41, 5.74) is 0. The van der Waals surface area contributed by atoms with Crippen molar-refractivity contribution in [3.8, 4) is 0 Å². The van der Waals surface area contributed by atoms with E-state index >= 15 is 0 Å². The minimum Gasteiger partial charge on any atom is -0.394 e. The van der Waals surface area contributed by atoms with Crippen LogP contribution in [0.5, 0.6) is 0 Å². The molecule has 10 unspecified atom stereocenters. The van der Waals surface area contributed by atoms with Crippen LogP contribution >= 0.6 is 0 Å². The molecule has 0 radical (unpaired) electrons. The predicted molar refractivity (Wildman–Crippen MR) is 263 cm³/mol. The molecule has 1 amide bonds. The van der Waals surface area contributed by atoms with Crippen LogP contribution in [-0.2, 0) is 23.7 Å². The second-order valence-electron chi connectivity index (χ2n) is 19.7. The van der Waals surface area contributed by atoms with E-state index in [1.54, 1.807) is 6.08 Å². The molecule has 2 fully saturated rings. The van der Waals surface area contributed by atoms with Gasteiger partial charge in [0.1, 0.15) is 48.8 Å². The van der Waals surface area contributed by atoms with E-state index in [0.717, 1.165) is 38.5 Å². The monoisotopic (exact) mass is 960 g/mol. The highest BCUT2D eigenvalue weighted by atomic mass is 16.7. The number of rotatable bonds is 43. The summed E-state index contributed by atoms with van der Waals surface area (Å²) in [5, 5.41) is 86.8. The van der Waals surface area contributed by atoms with Crippen molar-refractivity contribution >= 4 is 5.91 Å². The number of carbonyl (C=O) groups excluding carboxylic acids is 1. The summed E-state index contributed by atoms with van der Waals surface area (Å²) >= 11 is 0. The summed E-state index contributed by atoms with van der Waals surface area (Å²) in [6.45, 7) is 2.80. The Kier molecular flexibility index (Phi) is 37.2. The van der Waals surface area contributed by atoms with Crippen LogP contribution in [0.4, 0.5) is 0 Å². The molecule has 14 heteroatoms. The van der Waals surface area contributed by atoms with Gasteiger partial charge in [-0.05, 0) is 19.3 Å². The van der Waals surface area contributed by atoms with E-state index in [0.29, 0.717) is 6.42 Å². The van der Waals surface area contributed by atoms with Gasteiger partial charge in [-0.25, -0.2) is 0 Å². The average molecular weight is 960 g/mol. The van der Waals surface area contributed by atoms with Gasteiger partial charge in [0, 0.05) is 6.42 Å². The third-order valence-electron chi connectivity index (χ3n) is 13.7. The molecule has 2 heterocycles. The normalized spacial score (nSPS) is 26.6. The van der Waals surface area contributed by atoms with Gasteiger partial charge in [0.05, 0.1) is 32.0 Å². The van der Waals surface area contributed by atoms with Gasteiger partial charge in [0.15, 0.2) is 12.6 Å². The minimum absolute atomic E-state index is 0.236. The second-order valence-corrected chi connectivity index (χ2v) is 19.7. The second kappa shape index (κ2) is 40.3. The molecule has 2 saturated heterocycles. The van der Waals surface area contributed by atoms with Gasteiger partial charge in [-0.3, -0.25) is 4.79 Å². The number of hydrogen-bond donors (Lipinski definition) is 9. The lowest BCUT2D eigenvalue weighted by Crippen LogP contribution is -2.65. The Morgan fingerprint density at radius 3 is 1.37 bits per heavy atom. The van der Waals surface area contributed by atoms with E-state index in [9.17, 15) is 45.6 Å². The van der Waals surface area contributed by atoms with Crippen molar-refractivity contribution in [3.63, 3.8) is 0 Å². The fourth-order valence-electron chi connectivity index (χ4n) is 9.23. The van der Waals surface area contributed by atoms with E-state index in [1.165, 1.54) is 161 Å². The van der Waals surface area contributed by atoms with Crippen LogP contribution in [0.15, 0.2) is 12.2 Å². The average Bonchev–Trinajstić information content (AvgIpc) is 3.32. The van der Waals surface area contributed by atoms with Crippen LogP contribution in [0.25, 0.3) is 0 Å². The third-order valence-corrected chi connectivity index (χ3v) is 13.7. The molecule has 2 aliphatic heterocycles. The summed E-state index contributed by atoms with van der Waals surface area (Å²) in [6.07, 6.45) is 26.8. The fraction of sp³-hybridized carbons (Fsp3) is 0.943. The van der Waals surface area contributed by atoms with Crippen molar-refractivity contribution in [1.82, 2.24) is 5.32 Å². The van der Waals surface area contributed by atoms with Crippen molar-refractivity contribution in [2.24, 2.45) is 0 Å². The van der Waals surface area contributed by atoms with Crippen LogP contribution in [0.2, 0.25) is 0 Å². The van der Waals surface area contributed by atoms with Crippen molar-refractivity contribution < 1.29 is 64.6 Å². The highest BCUT2D eigenvalue weighted by Crippen LogP contribution is 2.30. The van der Waals surface area contributed by atoms with Gasteiger partial charge in [-0.1, -0.05) is 212 Å². The van der Waals surface area contributed by atoms with Crippen LogP contribution in [0, 0.1) is 0 Å². The van der Waals surface area contributed by atoms with Crippen LogP contribution in [0.1, 0.15) is 226 Å². The fourth-order valence-corrected chi connectivity index (χ4v) is 9.23.